The number of likely N-dealkylation sites (N-methyl/N-ethyl adjacent to an activating group) is 1. The van der Waals surface area contributed by atoms with Crippen LogP contribution in [0.25, 0.3) is 0 Å². The first-order valence-electron chi connectivity index (χ1n) is 6.45. The molecule has 1 aromatic rings. The first kappa shape index (κ1) is 16.4. The van der Waals surface area contributed by atoms with Gasteiger partial charge in [0.1, 0.15) is 5.75 Å². The predicted octanol–water partition coefficient (Wildman–Crippen LogP) is 1.98. The van der Waals surface area contributed by atoms with Crippen molar-refractivity contribution < 1.29 is 18.3 Å². The third kappa shape index (κ3) is 4.16. The summed E-state index contributed by atoms with van der Waals surface area (Å²) >= 11 is 0. The maximum absolute atomic E-state index is 13.1. The molecule has 4 nitrogen and oxygen atoms in total. The van der Waals surface area contributed by atoms with E-state index in [4.69, 9.17) is 10.5 Å². The zero-order valence-electron chi connectivity index (χ0n) is 11.9. The maximum Gasteiger partial charge on any atom is 0.237 e. The van der Waals surface area contributed by atoms with Gasteiger partial charge >= 0.3 is 0 Å². The molecule has 0 aliphatic rings. The molecule has 0 aromatic heterocycles. The molecule has 2 atom stereocenters. The Morgan fingerprint density at radius 3 is 2.60 bits per heavy atom. The monoisotopic (exact) mass is 286 g/mol. The Kier molecular flexibility index (Phi) is 5.44. The van der Waals surface area contributed by atoms with Gasteiger partial charge in [-0.2, -0.15) is 0 Å². The van der Waals surface area contributed by atoms with Crippen molar-refractivity contribution >= 4 is 5.91 Å². The van der Waals surface area contributed by atoms with Crippen LogP contribution in [0.5, 0.6) is 5.75 Å². The second-order valence-corrected chi connectivity index (χ2v) is 4.94. The summed E-state index contributed by atoms with van der Waals surface area (Å²) in [6.45, 7) is 5.86. The molecule has 0 heterocycles. The van der Waals surface area contributed by atoms with Crippen molar-refractivity contribution in [2.75, 3.05) is 6.54 Å². The largest absolute Gasteiger partial charge is 0.491 e. The number of halogens is 2. The van der Waals surface area contributed by atoms with Gasteiger partial charge in [0.05, 0.1) is 11.6 Å². The van der Waals surface area contributed by atoms with Crippen molar-refractivity contribution in [1.29, 1.82) is 0 Å². The predicted molar refractivity (Wildman–Crippen MR) is 72.3 cm³/mol. The number of nitrogens with one attached hydrogen (secondary N) is 1. The van der Waals surface area contributed by atoms with Crippen molar-refractivity contribution in [3.05, 3.63) is 29.8 Å². The van der Waals surface area contributed by atoms with Crippen molar-refractivity contribution in [1.82, 2.24) is 5.32 Å². The normalized spacial score (nSPS) is 15.4. The molecule has 0 saturated carbocycles. The number of ether oxygens (including phenoxy) is 1. The van der Waals surface area contributed by atoms with Gasteiger partial charge in [-0.25, -0.2) is 8.78 Å². The molecule has 1 aromatic carbocycles. The van der Waals surface area contributed by atoms with E-state index >= 15 is 0 Å². The second kappa shape index (κ2) is 6.65. The summed E-state index contributed by atoms with van der Waals surface area (Å²) < 4.78 is 31.4. The SMILES string of the molecule is CCNC(C)(CC(C)Oc1ccc(F)c(F)c1)C(N)=O. The topological polar surface area (TPSA) is 64.3 Å². The highest BCUT2D eigenvalue weighted by atomic mass is 19.2. The number of nitrogens with two attached hydrogens (primary N) is 1. The molecule has 0 radical (unpaired) electrons. The molecule has 0 bridgehead atoms. The number of amides is 1. The van der Waals surface area contributed by atoms with Crippen LogP contribution in [0.4, 0.5) is 8.78 Å². The maximum atomic E-state index is 13.1. The van der Waals surface area contributed by atoms with E-state index in [2.05, 4.69) is 5.32 Å². The van der Waals surface area contributed by atoms with Gasteiger partial charge in [0, 0.05) is 12.5 Å². The lowest BCUT2D eigenvalue weighted by atomic mass is 9.94. The van der Waals surface area contributed by atoms with Crippen molar-refractivity contribution in [3.63, 3.8) is 0 Å². The second-order valence-electron chi connectivity index (χ2n) is 4.94. The van der Waals surface area contributed by atoms with Crippen molar-refractivity contribution in [2.24, 2.45) is 5.73 Å². The third-order valence-corrected chi connectivity index (χ3v) is 3.03. The van der Waals surface area contributed by atoms with Crippen LogP contribution in [0.15, 0.2) is 18.2 Å². The number of carbonyl (C=O) groups is 1. The Balaban J connectivity index is 2.72. The van der Waals surface area contributed by atoms with Gasteiger partial charge in [0.15, 0.2) is 11.6 Å². The minimum absolute atomic E-state index is 0.208. The van der Waals surface area contributed by atoms with Crippen LogP contribution in [0.2, 0.25) is 0 Å². The number of primary amides is 1. The molecule has 20 heavy (non-hydrogen) atoms. The lowest BCUT2D eigenvalue weighted by Gasteiger charge is -2.30. The minimum atomic E-state index is -0.973. The van der Waals surface area contributed by atoms with Crippen LogP contribution < -0.4 is 15.8 Å². The summed E-state index contributed by atoms with van der Waals surface area (Å²) in [5, 5.41) is 3.01. The Morgan fingerprint density at radius 2 is 2.10 bits per heavy atom. The molecule has 3 N–H and O–H groups in total. The Bertz CT molecular complexity index is 482. The number of benzene rings is 1. The highest BCUT2D eigenvalue weighted by Crippen LogP contribution is 2.20. The number of hydrogen-bond donors (Lipinski definition) is 2. The van der Waals surface area contributed by atoms with Gasteiger partial charge in [-0.15, -0.1) is 0 Å². The molecular formula is C14H20F2N2O2. The summed E-state index contributed by atoms with van der Waals surface area (Å²) in [6.07, 6.45) is -0.0776. The van der Waals surface area contributed by atoms with E-state index in [0.29, 0.717) is 13.0 Å². The van der Waals surface area contributed by atoms with Gasteiger partial charge in [-0.1, -0.05) is 6.92 Å². The molecule has 2 unspecified atom stereocenters. The fourth-order valence-corrected chi connectivity index (χ4v) is 2.05. The third-order valence-electron chi connectivity index (χ3n) is 3.03. The molecule has 0 saturated heterocycles. The van der Waals surface area contributed by atoms with Gasteiger partial charge in [0.25, 0.3) is 0 Å². The summed E-state index contributed by atoms with van der Waals surface area (Å²) in [6, 6.07) is 3.30. The fourth-order valence-electron chi connectivity index (χ4n) is 2.05. The lowest BCUT2D eigenvalue weighted by molar-refractivity contribution is -0.124. The van der Waals surface area contributed by atoms with E-state index < -0.39 is 29.2 Å². The number of carbonyl (C=O) groups excluding carboxylic acids is 1. The van der Waals surface area contributed by atoms with E-state index in [9.17, 15) is 13.6 Å². The average molecular weight is 286 g/mol. The number of hydrogen-bond acceptors (Lipinski definition) is 3. The van der Waals surface area contributed by atoms with Gasteiger partial charge in [-0.3, -0.25) is 4.79 Å². The highest BCUT2D eigenvalue weighted by molar-refractivity contribution is 5.84. The molecule has 0 spiro atoms. The zero-order chi connectivity index (χ0) is 15.3. The van der Waals surface area contributed by atoms with Gasteiger partial charge in [0.2, 0.25) is 5.91 Å². The Labute approximate surface area is 117 Å². The Hall–Kier alpha value is -1.69. The van der Waals surface area contributed by atoms with E-state index in [-0.39, 0.29) is 5.75 Å². The highest BCUT2D eigenvalue weighted by Gasteiger charge is 2.32. The van der Waals surface area contributed by atoms with Gasteiger partial charge < -0.3 is 15.8 Å². The van der Waals surface area contributed by atoms with E-state index in [0.717, 1.165) is 12.1 Å². The summed E-state index contributed by atoms with van der Waals surface area (Å²) in [4.78, 5) is 11.5. The van der Waals surface area contributed by atoms with Crippen molar-refractivity contribution in [3.8, 4) is 5.75 Å². The molecule has 6 heteroatoms. The van der Waals surface area contributed by atoms with Crippen LogP contribution in [0, 0.1) is 11.6 Å². The molecule has 112 valence electrons. The van der Waals surface area contributed by atoms with E-state index in [1.807, 2.05) is 6.92 Å². The van der Waals surface area contributed by atoms with Crippen molar-refractivity contribution in [2.45, 2.75) is 38.8 Å². The summed E-state index contributed by atoms with van der Waals surface area (Å²) in [7, 11) is 0. The standard InChI is InChI=1S/C14H20F2N2O2/c1-4-18-14(3,13(17)19)8-9(2)20-10-5-6-11(15)12(16)7-10/h5-7,9,18H,4,8H2,1-3H3,(H2,17,19). The average Bonchev–Trinajstić information content (AvgIpc) is 2.33. The van der Waals surface area contributed by atoms with Crippen LogP contribution >= 0.6 is 0 Å². The smallest absolute Gasteiger partial charge is 0.237 e. The first-order valence-corrected chi connectivity index (χ1v) is 6.45. The zero-order valence-corrected chi connectivity index (χ0v) is 11.9. The quantitative estimate of drug-likeness (QED) is 0.805. The van der Waals surface area contributed by atoms with E-state index in [1.165, 1.54) is 6.07 Å². The molecule has 0 aliphatic carbocycles. The van der Waals surface area contributed by atoms with Crippen LogP contribution in [-0.2, 0) is 4.79 Å². The van der Waals surface area contributed by atoms with Crippen LogP contribution in [0.3, 0.4) is 0 Å². The lowest BCUT2D eigenvalue weighted by Crippen LogP contribution is -2.55. The summed E-state index contributed by atoms with van der Waals surface area (Å²) in [5.74, 6) is -2.18. The Morgan fingerprint density at radius 1 is 1.45 bits per heavy atom. The number of rotatable bonds is 7. The van der Waals surface area contributed by atoms with E-state index in [1.54, 1.807) is 13.8 Å². The van der Waals surface area contributed by atoms with Gasteiger partial charge in [-0.05, 0) is 32.5 Å². The van der Waals surface area contributed by atoms with Crippen LogP contribution in [-0.4, -0.2) is 24.1 Å². The summed E-state index contributed by atoms with van der Waals surface area (Å²) in [5.41, 5.74) is 4.47. The minimum Gasteiger partial charge on any atom is -0.491 e. The molecule has 0 fully saturated rings. The molecular weight excluding hydrogens is 266 g/mol. The molecule has 0 aliphatic heterocycles. The fraction of sp³-hybridized carbons (Fsp3) is 0.500. The molecule has 1 amide bonds. The van der Waals surface area contributed by atoms with Crippen LogP contribution in [0.1, 0.15) is 27.2 Å². The molecule has 1 rings (SSSR count). The first-order chi connectivity index (χ1) is 9.28.